The van der Waals surface area contributed by atoms with E-state index in [0.717, 1.165) is 18.4 Å². The van der Waals surface area contributed by atoms with E-state index in [1.807, 2.05) is 13.8 Å². The maximum Gasteiger partial charge on any atom is 0.407 e. The second-order valence-corrected chi connectivity index (χ2v) is 4.28. The van der Waals surface area contributed by atoms with Crippen LogP contribution in [0.3, 0.4) is 0 Å². The minimum Gasteiger partial charge on any atom is -0.478 e. The summed E-state index contributed by atoms with van der Waals surface area (Å²) in [5.74, 6) is -0.967. The lowest BCUT2D eigenvalue weighted by molar-refractivity contribution is 0.0696. The fourth-order valence-corrected chi connectivity index (χ4v) is 1.53. The van der Waals surface area contributed by atoms with Crippen LogP contribution in [-0.2, 0) is 4.74 Å². The van der Waals surface area contributed by atoms with Crippen molar-refractivity contribution in [2.24, 2.45) is 0 Å². The summed E-state index contributed by atoms with van der Waals surface area (Å²) in [6.07, 6.45) is 1.36. The standard InChI is InChI=1S/C14H19NO4/c1-3-4-9-19-14(18)15-10(2)11-5-7-12(8-6-11)13(16)17/h5-8,10H,3-4,9H2,1-2H3,(H,15,18)(H,16,17). The predicted molar refractivity (Wildman–Crippen MR) is 71.2 cm³/mol. The predicted octanol–water partition coefficient (Wildman–Crippen LogP) is 2.97. The van der Waals surface area contributed by atoms with Crippen molar-refractivity contribution in [2.45, 2.75) is 32.7 Å². The fourth-order valence-electron chi connectivity index (χ4n) is 1.53. The van der Waals surface area contributed by atoms with Gasteiger partial charge in [0.25, 0.3) is 0 Å². The van der Waals surface area contributed by atoms with Gasteiger partial charge in [0, 0.05) is 0 Å². The molecule has 1 unspecified atom stereocenters. The molecule has 0 aliphatic carbocycles. The van der Waals surface area contributed by atoms with Crippen molar-refractivity contribution in [1.29, 1.82) is 0 Å². The number of unbranched alkanes of at least 4 members (excludes halogenated alkanes) is 1. The van der Waals surface area contributed by atoms with Gasteiger partial charge in [0.05, 0.1) is 18.2 Å². The molecule has 5 heteroatoms. The lowest BCUT2D eigenvalue weighted by Crippen LogP contribution is -2.27. The molecule has 0 heterocycles. The van der Waals surface area contributed by atoms with Crippen LogP contribution in [0.4, 0.5) is 4.79 Å². The molecule has 0 fully saturated rings. The first-order valence-corrected chi connectivity index (χ1v) is 6.31. The smallest absolute Gasteiger partial charge is 0.407 e. The largest absolute Gasteiger partial charge is 0.478 e. The number of carbonyl (C=O) groups is 2. The van der Waals surface area contributed by atoms with Gasteiger partial charge in [-0.2, -0.15) is 0 Å². The minimum atomic E-state index is -0.967. The van der Waals surface area contributed by atoms with Crippen molar-refractivity contribution in [2.75, 3.05) is 6.61 Å². The maximum absolute atomic E-state index is 11.4. The third kappa shape index (κ3) is 4.99. The molecule has 0 aliphatic rings. The van der Waals surface area contributed by atoms with Crippen LogP contribution in [0.2, 0.25) is 0 Å². The van der Waals surface area contributed by atoms with Crippen LogP contribution in [0.15, 0.2) is 24.3 Å². The van der Waals surface area contributed by atoms with Crippen molar-refractivity contribution in [1.82, 2.24) is 5.32 Å². The number of rotatable bonds is 6. The highest BCUT2D eigenvalue weighted by Gasteiger charge is 2.11. The first kappa shape index (κ1) is 15.0. The van der Waals surface area contributed by atoms with Crippen molar-refractivity contribution in [3.8, 4) is 0 Å². The van der Waals surface area contributed by atoms with Crippen molar-refractivity contribution >= 4 is 12.1 Å². The van der Waals surface area contributed by atoms with Crippen LogP contribution in [0, 0.1) is 0 Å². The molecule has 0 aromatic heterocycles. The van der Waals surface area contributed by atoms with Gasteiger partial charge < -0.3 is 15.2 Å². The molecule has 0 aliphatic heterocycles. The Bertz CT molecular complexity index is 428. The summed E-state index contributed by atoms with van der Waals surface area (Å²) in [6, 6.07) is 6.16. The lowest BCUT2D eigenvalue weighted by Gasteiger charge is -2.14. The van der Waals surface area contributed by atoms with E-state index in [-0.39, 0.29) is 11.6 Å². The Morgan fingerprint density at radius 1 is 1.32 bits per heavy atom. The number of hydrogen-bond donors (Lipinski definition) is 2. The fraction of sp³-hybridized carbons (Fsp3) is 0.429. The number of alkyl carbamates (subject to hydrolysis) is 1. The van der Waals surface area contributed by atoms with Gasteiger partial charge in [0.1, 0.15) is 0 Å². The van der Waals surface area contributed by atoms with Gasteiger partial charge in [-0.3, -0.25) is 0 Å². The van der Waals surface area contributed by atoms with Crippen LogP contribution in [0.5, 0.6) is 0 Å². The van der Waals surface area contributed by atoms with Gasteiger partial charge in [-0.25, -0.2) is 9.59 Å². The summed E-state index contributed by atoms with van der Waals surface area (Å²) in [4.78, 5) is 22.2. The summed E-state index contributed by atoms with van der Waals surface area (Å²) in [5.41, 5.74) is 1.05. The molecule has 104 valence electrons. The van der Waals surface area contributed by atoms with Gasteiger partial charge >= 0.3 is 12.1 Å². The second kappa shape index (κ2) is 7.41. The van der Waals surface area contributed by atoms with Gasteiger partial charge in [-0.15, -0.1) is 0 Å². The average Bonchev–Trinajstić information content (AvgIpc) is 2.39. The number of carboxylic acid groups (broad SMARTS) is 1. The van der Waals surface area contributed by atoms with E-state index in [1.54, 1.807) is 12.1 Å². The number of carboxylic acids is 1. The summed E-state index contributed by atoms with van der Waals surface area (Å²) in [5, 5.41) is 11.5. The molecule has 1 aromatic rings. The monoisotopic (exact) mass is 265 g/mol. The Morgan fingerprint density at radius 3 is 2.47 bits per heavy atom. The number of aromatic carboxylic acids is 1. The molecule has 0 saturated heterocycles. The van der Waals surface area contributed by atoms with Gasteiger partial charge in [-0.1, -0.05) is 25.5 Å². The van der Waals surface area contributed by atoms with Gasteiger partial charge in [0.2, 0.25) is 0 Å². The first-order valence-electron chi connectivity index (χ1n) is 6.31. The van der Waals surface area contributed by atoms with E-state index in [9.17, 15) is 9.59 Å². The number of benzene rings is 1. The number of nitrogens with one attached hydrogen (secondary N) is 1. The number of ether oxygens (including phenoxy) is 1. The zero-order valence-corrected chi connectivity index (χ0v) is 11.2. The van der Waals surface area contributed by atoms with Crippen LogP contribution in [0.25, 0.3) is 0 Å². The molecule has 19 heavy (non-hydrogen) atoms. The van der Waals surface area contributed by atoms with Crippen molar-refractivity contribution in [3.05, 3.63) is 35.4 Å². The minimum absolute atomic E-state index is 0.224. The third-order valence-electron chi connectivity index (χ3n) is 2.72. The normalized spacial score (nSPS) is 11.7. The molecular formula is C14H19NO4. The summed E-state index contributed by atoms with van der Waals surface area (Å²) >= 11 is 0. The second-order valence-electron chi connectivity index (χ2n) is 4.28. The maximum atomic E-state index is 11.4. The third-order valence-corrected chi connectivity index (χ3v) is 2.72. The highest BCUT2D eigenvalue weighted by molar-refractivity contribution is 5.87. The SMILES string of the molecule is CCCCOC(=O)NC(C)c1ccc(C(=O)O)cc1. The van der Waals surface area contributed by atoms with Gasteiger partial charge in [-0.05, 0) is 31.0 Å². The highest BCUT2D eigenvalue weighted by Crippen LogP contribution is 2.13. The van der Waals surface area contributed by atoms with Crippen molar-refractivity contribution < 1.29 is 19.4 Å². The number of hydrogen-bond acceptors (Lipinski definition) is 3. The van der Waals surface area contributed by atoms with E-state index >= 15 is 0 Å². The molecule has 1 rings (SSSR count). The molecule has 1 atom stereocenters. The molecule has 1 aromatic carbocycles. The van der Waals surface area contributed by atoms with E-state index in [4.69, 9.17) is 9.84 Å². The first-order chi connectivity index (χ1) is 9.04. The number of carbonyl (C=O) groups excluding carboxylic acids is 1. The lowest BCUT2D eigenvalue weighted by atomic mass is 10.1. The van der Waals surface area contributed by atoms with E-state index in [2.05, 4.69) is 5.32 Å². The molecule has 0 radical (unpaired) electrons. The molecular weight excluding hydrogens is 246 g/mol. The Balaban J connectivity index is 2.50. The van der Waals surface area contributed by atoms with Crippen LogP contribution in [0.1, 0.15) is 48.7 Å². The number of amides is 1. The van der Waals surface area contributed by atoms with E-state index in [1.165, 1.54) is 12.1 Å². The molecule has 2 N–H and O–H groups in total. The average molecular weight is 265 g/mol. The summed E-state index contributed by atoms with van der Waals surface area (Å²) < 4.78 is 4.99. The van der Waals surface area contributed by atoms with Crippen LogP contribution < -0.4 is 5.32 Å². The zero-order chi connectivity index (χ0) is 14.3. The molecule has 0 bridgehead atoms. The van der Waals surface area contributed by atoms with Crippen LogP contribution >= 0.6 is 0 Å². The van der Waals surface area contributed by atoms with E-state index < -0.39 is 12.1 Å². The Hall–Kier alpha value is -2.04. The Morgan fingerprint density at radius 2 is 1.95 bits per heavy atom. The Kier molecular flexibility index (Phi) is 5.85. The summed E-state index contributed by atoms with van der Waals surface area (Å²) in [6.45, 7) is 4.25. The molecule has 0 saturated carbocycles. The van der Waals surface area contributed by atoms with Crippen molar-refractivity contribution in [3.63, 3.8) is 0 Å². The highest BCUT2D eigenvalue weighted by atomic mass is 16.5. The zero-order valence-electron chi connectivity index (χ0n) is 11.2. The summed E-state index contributed by atoms with van der Waals surface area (Å²) in [7, 11) is 0. The Labute approximate surface area is 112 Å². The quantitative estimate of drug-likeness (QED) is 0.775. The molecule has 5 nitrogen and oxygen atoms in total. The topological polar surface area (TPSA) is 75.6 Å². The molecule has 1 amide bonds. The van der Waals surface area contributed by atoms with E-state index in [0.29, 0.717) is 6.61 Å². The van der Waals surface area contributed by atoms with Crippen LogP contribution in [-0.4, -0.2) is 23.8 Å². The van der Waals surface area contributed by atoms with Gasteiger partial charge in [0.15, 0.2) is 0 Å². The molecule has 0 spiro atoms.